The lowest BCUT2D eigenvalue weighted by Gasteiger charge is -2.04. The number of rotatable bonds is 3. The van der Waals surface area contributed by atoms with Gasteiger partial charge in [-0.15, -0.1) is 11.3 Å². The topological polar surface area (TPSA) is 42.0 Å². The van der Waals surface area contributed by atoms with E-state index < -0.39 is 0 Å². The van der Waals surface area contributed by atoms with Crippen LogP contribution in [0, 0.1) is 0 Å². The molecule has 0 unspecified atom stereocenters. The Bertz CT molecular complexity index is 250. The van der Waals surface area contributed by atoms with Gasteiger partial charge in [0, 0.05) is 11.6 Å². The van der Waals surface area contributed by atoms with Crippen molar-refractivity contribution in [1.82, 2.24) is 4.98 Å². The highest BCUT2D eigenvalue weighted by molar-refractivity contribution is 9.10. The molecule has 0 spiro atoms. The Labute approximate surface area is 83.3 Å². The number of alkyl halides is 1. The second-order valence-corrected chi connectivity index (χ2v) is 4.20. The molecule has 1 rings (SSSR count). The van der Waals surface area contributed by atoms with E-state index in [1.54, 1.807) is 6.20 Å². The average Bonchev–Trinajstić information content (AvgIpc) is 2.55. The number of carbonyl (C=O) groups excluding carboxylic acids is 1. The zero-order valence-corrected chi connectivity index (χ0v) is 8.98. The first kappa shape index (κ1) is 9.67. The van der Waals surface area contributed by atoms with Crippen LogP contribution in [0.2, 0.25) is 0 Å². The Balaban J connectivity index is 2.47. The van der Waals surface area contributed by atoms with Gasteiger partial charge in [0.15, 0.2) is 5.13 Å². The number of hydrogen-bond acceptors (Lipinski definition) is 3. The lowest BCUT2D eigenvalue weighted by atomic mass is 10.3. The first-order valence-corrected chi connectivity index (χ1v) is 5.38. The monoisotopic (exact) mass is 248 g/mol. The van der Waals surface area contributed by atoms with E-state index in [0.717, 1.165) is 6.42 Å². The zero-order valence-electron chi connectivity index (χ0n) is 6.58. The van der Waals surface area contributed by atoms with E-state index in [4.69, 9.17) is 0 Å². The summed E-state index contributed by atoms with van der Waals surface area (Å²) in [7, 11) is 0. The molecule has 0 bridgehead atoms. The Morgan fingerprint density at radius 3 is 3.17 bits per heavy atom. The summed E-state index contributed by atoms with van der Waals surface area (Å²) in [4.78, 5) is 15.1. The first-order valence-electron chi connectivity index (χ1n) is 3.58. The van der Waals surface area contributed by atoms with Crippen LogP contribution in [0.15, 0.2) is 11.6 Å². The molecule has 1 N–H and O–H groups in total. The molecule has 0 aliphatic carbocycles. The van der Waals surface area contributed by atoms with Gasteiger partial charge in [0.05, 0.1) is 4.83 Å². The van der Waals surface area contributed by atoms with Crippen molar-refractivity contribution in [3.05, 3.63) is 11.6 Å². The molecule has 12 heavy (non-hydrogen) atoms. The van der Waals surface area contributed by atoms with Crippen LogP contribution in [0.3, 0.4) is 0 Å². The number of halogens is 1. The number of carbonyl (C=O) groups is 1. The molecular weight excluding hydrogens is 240 g/mol. The maximum Gasteiger partial charge on any atom is 0.239 e. The van der Waals surface area contributed by atoms with Crippen molar-refractivity contribution in [3.63, 3.8) is 0 Å². The quantitative estimate of drug-likeness (QED) is 0.835. The van der Waals surface area contributed by atoms with Crippen LogP contribution in [-0.4, -0.2) is 15.7 Å². The Kier molecular flexibility index (Phi) is 3.68. The summed E-state index contributed by atoms with van der Waals surface area (Å²) in [6.07, 6.45) is 2.44. The molecule has 0 radical (unpaired) electrons. The fraction of sp³-hybridized carbons (Fsp3) is 0.429. The molecule has 0 saturated carbocycles. The van der Waals surface area contributed by atoms with E-state index in [2.05, 4.69) is 26.2 Å². The standard InChI is InChI=1S/C7H9BrN2OS/c1-2-5(8)6(11)10-7-9-3-4-12-7/h3-5H,2H2,1H3,(H,9,10,11)/t5-/m1/s1. The van der Waals surface area contributed by atoms with Gasteiger partial charge in [-0.25, -0.2) is 4.98 Å². The third-order valence-electron chi connectivity index (χ3n) is 1.31. The van der Waals surface area contributed by atoms with E-state index >= 15 is 0 Å². The number of thiazole rings is 1. The summed E-state index contributed by atoms with van der Waals surface area (Å²) < 4.78 is 0. The summed E-state index contributed by atoms with van der Waals surface area (Å²) in [5.74, 6) is -0.0348. The molecule has 0 aliphatic heterocycles. The maximum absolute atomic E-state index is 11.3. The summed E-state index contributed by atoms with van der Waals surface area (Å²) in [6.45, 7) is 1.95. The molecule has 1 aromatic heterocycles. The largest absolute Gasteiger partial charge is 0.301 e. The van der Waals surface area contributed by atoms with Gasteiger partial charge < -0.3 is 5.32 Å². The summed E-state index contributed by atoms with van der Waals surface area (Å²) >= 11 is 4.67. The van der Waals surface area contributed by atoms with Gasteiger partial charge in [-0.2, -0.15) is 0 Å². The first-order chi connectivity index (χ1) is 5.74. The molecule has 0 fully saturated rings. The van der Waals surface area contributed by atoms with E-state index in [0.29, 0.717) is 5.13 Å². The number of amides is 1. The van der Waals surface area contributed by atoms with E-state index in [1.807, 2.05) is 12.3 Å². The van der Waals surface area contributed by atoms with Gasteiger partial charge >= 0.3 is 0 Å². The highest BCUT2D eigenvalue weighted by Crippen LogP contribution is 2.13. The summed E-state index contributed by atoms with van der Waals surface area (Å²) in [6, 6.07) is 0. The molecule has 1 aromatic rings. The molecule has 1 amide bonds. The normalized spacial score (nSPS) is 12.5. The second-order valence-electron chi connectivity index (χ2n) is 2.20. The third kappa shape index (κ3) is 2.57. The van der Waals surface area contributed by atoms with Crippen LogP contribution in [-0.2, 0) is 4.79 Å². The zero-order chi connectivity index (χ0) is 8.97. The van der Waals surface area contributed by atoms with Crippen molar-refractivity contribution in [2.75, 3.05) is 5.32 Å². The lowest BCUT2D eigenvalue weighted by Crippen LogP contribution is -2.21. The summed E-state index contributed by atoms with van der Waals surface area (Å²) in [5.41, 5.74) is 0. The Hall–Kier alpha value is -0.420. The number of nitrogens with zero attached hydrogens (tertiary/aromatic N) is 1. The molecular formula is C7H9BrN2OS. The highest BCUT2D eigenvalue weighted by atomic mass is 79.9. The minimum Gasteiger partial charge on any atom is -0.301 e. The lowest BCUT2D eigenvalue weighted by molar-refractivity contribution is -0.115. The maximum atomic E-state index is 11.3. The van der Waals surface area contributed by atoms with Crippen molar-refractivity contribution in [3.8, 4) is 0 Å². The average molecular weight is 249 g/mol. The molecule has 66 valence electrons. The Morgan fingerprint density at radius 1 is 1.92 bits per heavy atom. The molecule has 0 saturated heterocycles. The van der Waals surface area contributed by atoms with Gasteiger partial charge in [0.1, 0.15) is 0 Å². The van der Waals surface area contributed by atoms with Gasteiger partial charge in [0.2, 0.25) is 5.91 Å². The van der Waals surface area contributed by atoms with Gasteiger partial charge in [-0.1, -0.05) is 22.9 Å². The number of nitrogens with one attached hydrogen (secondary N) is 1. The van der Waals surface area contributed by atoms with Crippen LogP contribution in [0.25, 0.3) is 0 Å². The van der Waals surface area contributed by atoms with Crippen LogP contribution >= 0.6 is 27.3 Å². The minimum absolute atomic E-state index is 0.0348. The van der Waals surface area contributed by atoms with Crippen molar-refractivity contribution in [2.45, 2.75) is 18.2 Å². The molecule has 0 aromatic carbocycles. The van der Waals surface area contributed by atoms with Crippen molar-refractivity contribution >= 4 is 38.3 Å². The predicted octanol–water partition coefficient (Wildman–Crippen LogP) is 2.26. The fourth-order valence-electron chi connectivity index (χ4n) is 0.654. The smallest absolute Gasteiger partial charge is 0.239 e. The summed E-state index contributed by atoms with van der Waals surface area (Å²) in [5, 5.41) is 5.17. The van der Waals surface area contributed by atoms with Crippen LogP contribution < -0.4 is 5.32 Å². The second kappa shape index (κ2) is 4.57. The minimum atomic E-state index is -0.124. The van der Waals surface area contributed by atoms with Crippen LogP contribution in [0.5, 0.6) is 0 Å². The molecule has 1 heterocycles. The highest BCUT2D eigenvalue weighted by Gasteiger charge is 2.12. The van der Waals surface area contributed by atoms with E-state index in [-0.39, 0.29) is 10.7 Å². The van der Waals surface area contributed by atoms with Crippen LogP contribution in [0.1, 0.15) is 13.3 Å². The number of hydrogen-bond donors (Lipinski definition) is 1. The number of aromatic nitrogens is 1. The predicted molar refractivity (Wildman–Crippen MR) is 53.7 cm³/mol. The Morgan fingerprint density at radius 2 is 2.67 bits per heavy atom. The van der Waals surface area contributed by atoms with Gasteiger partial charge in [-0.3, -0.25) is 4.79 Å². The molecule has 0 aliphatic rings. The van der Waals surface area contributed by atoms with Crippen molar-refractivity contribution in [2.24, 2.45) is 0 Å². The fourth-order valence-corrected chi connectivity index (χ4v) is 1.30. The van der Waals surface area contributed by atoms with Crippen LogP contribution in [0.4, 0.5) is 5.13 Å². The SMILES string of the molecule is CC[C@@H](Br)C(=O)Nc1nccs1. The van der Waals surface area contributed by atoms with Crippen molar-refractivity contribution < 1.29 is 4.79 Å². The third-order valence-corrected chi connectivity index (χ3v) is 3.06. The van der Waals surface area contributed by atoms with Gasteiger partial charge in [0.25, 0.3) is 0 Å². The molecule has 5 heteroatoms. The van der Waals surface area contributed by atoms with Gasteiger partial charge in [-0.05, 0) is 6.42 Å². The number of anilines is 1. The molecule has 1 atom stereocenters. The van der Waals surface area contributed by atoms with Crippen molar-refractivity contribution in [1.29, 1.82) is 0 Å². The van der Waals surface area contributed by atoms with E-state index in [9.17, 15) is 4.79 Å². The molecule has 3 nitrogen and oxygen atoms in total. The van der Waals surface area contributed by atoms with E-state index in [1.165, 1.54) is 11.3 Å².